The van der Waals surface area contributed by atoms with Crippen molar-refractivity contribution in [1.29, 1.82) is 0 Å². The van der Waals surface area contributed by atoms with Crippen LogP contribution in [0, 0.1) is 12.8 Å². The van der Waals surface area contributed by atoms with Gasteiger partial charge in [0.15, 0.2) is 13.1 Å². The van der Waals surface area contributed by atoms with Crippen LogP contribution in [0.2, 0.25) is 0 Å². The zero-order chi connectivity index (χ0) is 19.7. The third kappa shape index (κ3) is 7.23. The van der Waals surface area contributed by atoms with Crippen molar-refractivity contribution in [1.82, 2.24) is 5.32 Å². The molecule has 7 heteroatoms. The van der Waals surface area contributed by atoms with Gasteiger partial charge in [-0.1, -0.05) is 38.0 Å². The second kappa shape index (κ2) is 10.6. The summed E-state index contributed by atoms with van der Waals surface area (Å²) in [6.07, 6.45) is 0.738. The lowest BCUT2D eigenvalue weighted by Crippen LogP contribution is -3.11. The van der Waals surface area contributed by atoms with Gasteiger partial charge in [-0.15, -0.1) is 0 Å². The Kier molecular flexibility index (Phi) is 8.78. The van der Waals surface area contributed by atoms with E-state index in [-0.39, 0.29) is 30.8 Å². The van der Waals surface area contributed by atoms with E-state index >= 15 is 0 Å². The standard InChI is InChI=1S/C19H29N3O4/c1-6-14(3)18(19(25)26-5)21-17(24)12-22(4)11-16(23)20-15-9-7-13(2)8-10-15/h7-10,14,18H,6,11-12H2,1-5H3,(H,20,23)(H,21,24)/p+1/t14-,18-/m0/s1. The molecule has 0 saturated heterocycles. The third-order valence-corrected chi connectivity index (χ3v) is 4.24. The van der Waals surface area contributed by atoms with Crippen LogP contribution in [0.4, 0.5) is 5.69 Å². The predicted molar refractivity (Wildman–Crippen MR) is 99.8 cm³/mol. The van der Waals surface area contributed by atoms with Gasteiger partial charge in [0, 0.05) is 5.69 Å². The van der Waals surface area contributed by atoms with E-state index in [1.807, 2.05) is 45.0 Å². The van der Waals surface area contributed by atoms with E-state index in [0.717, 1.165) is 22.6 Å². The number of likely N-dealkylation sites (N-methyl/N-ethyl adjacent to an activating group) is 1. The maximum Gasteiger partial charge on any atom is 0.328 e. The molecule has 0 aliphatic heterocycles. The Hall–Kier alpha value is -2.41. The molecule has 0 heterocycles. The zero-order valence-electron chi connectivity index (χ0n) is 16.2. The van der Waals surface area contributed by atoms with E-state index in [1.165, 1.54) is 7.11 Å². The highest BCUT2D eigenvalue weighted by Gasteiger charge is 2.27. The van der Waals surface area contributed by atoms with Gasteiger partial charge in [0.25, 0.3) is 11.8 Å². The van der Waals surface area contributed by atoms with E-state index in [0.29, 0.717) is 0 Å². The number of amides is 2. The molecule has 0 fully saturated rings. The van der Waals surface area contributed by atoms with Gasteiger partial charge in [-0.3, -0.25) is 9.59 Å². The van der Waals surface area contributed by atoms with Crippen LogP contribution >= 0.6 is 0 Å². The molecule has 1 aromatic carbocycles. The van der Waals surface area contributed by atoms with Gasteiger partial charge in [0.05, 0.1) is 14.2 Å². The van der Waals surface area contributed by atoms with Crippen LogP contribution in [-0.4, -0.2) is 51.1 Å². The number of rotatable bonds is 9. The molecular formula is C19H30N3O4+. The molecule has 0 radical (unpaired) electrons. The molecular weight excluding hydrogens is 334 g/mol. The maximum absolute atomic E-state index is 12.2. The number of quaternary nitrogens is 1. The molecule has 144 valence electrons. The van der Waals surface area contributed by atoms with Crippen molar-refractivity contribution in [2.24, 2.45) is 5.92 Å². The number of ether oxygens (including phenoxy) is 1. The van der Waals surface area contributed by atoms with Gasteiger partial charge in [0.1, 0.15) is 6.04 Å². The van der Waals surface area contributed by atoms with Crippen LogP contribution in [0.1, 0.15) is 25.8 Å². The lowest BCUT2D eigenvalue weighted by Gasteiger charge is -2.22. The van der Waals surface area contributed by atoms with E-state index in [2.05, 4.69) is 10.6 Å². The highest BCUT2D eigenvalue weighted by Crippen LogP contribution is 2.09. The summed E-state index contributed by atoms with van der Waals surface area (Å²) in [5.41, 5.74) is 1.84. The SMILES string of the molecule is CC[C@H](C)[C@H](NC(=O)C[NH+](C)CC(=O)Nc1ccc(C)cc1)C(=O)OC. The number of nitrogens with one attached hydrogen (secondary N) is 3. The number of anilines is 1. The lowest BCUT2D eigenvalue weighted by molar-refractivity contribution is -0.862. The average Bonchev–Trinajstić information content (AvgIpc) is 2.60. The fourth-order valence-electron chi connectivity index (χ4n) is 2.47. The van der Waals surface area contributed by atoms with Crippen molar-refractivity contribution in [2.75, 3.05) is 32.6 Å². The Balaban J connectivity index is 2.50. The molecule has 0 aliphatic carbocycles. The van der Waals surface area contributed by atoms with Gasteiger partial charge in [-0.2, -0.15) is 0 Å². The first-order chi connectivity index (χ1) is 12.3. The van der Waals surface area contributed by atoms with Gasteiger partial charge in [-0.05, 0) is 25.0 Å². The number of hydrogen-bond donors (Lipinski definition) is 3. The predicted octanol–water partition coefficient (Wildman–Crippen LogP) is 0.152. The Morgan fingerprint density at radius 1 is 1.12 bits per heavy atom. The summed E-state index contributed by atoms with van der Waals surface area (Å²) in [4.78, 5) is 36.8. The molecule has 7 nitrogen and oxygen atoms in total. The highest BCUT2D eigenvalue weighted by atomic mass is 16.5. The summed E-state index contributed by atoms with van der Waals surface area (Å²) < 4.78 is 4.76. The number of carbonyl (C=O) groups is 3. The van der Waals surface area contributed by atoms with Gasteiger partial charge in [-0.25, -0.2) is 4.79 Å². The van der Waals surface area contributed by atoms with Crippen molar-refractivity contribution in [2.45, 2.75) is 33.2 Å². The summed E-state index contributed by atoms with van der Waals surface area (Å²) >= 11 is 0. The molecule has 3 N–H and O–H groups in total. The van der Waals surface area contributed by atoms with Crippen molar-refractivity contribution < 1.29 is 24.0 Å². The Morgan fingerprint density at radius 3 is 2.23 bits per heavy atom. The number of hydrogen-bond acceptors (Lipinski definition) is 4. The number of methoxy groups -OCH3 is 1. The minimum absolute atomic E-state index is 0.0310. The smallest absolute Gasteiger partial charge is 0.328 e. The summed E-state index contributed by atoms with van der Waals surface area (Å²) in [6, 6.07) is 6.83. The van der Waals surface area contributed by atoms with Crippen molar-refractivity contribution in [3.63, 3.8) is 0 Å². The minimum Gasteiger partial charge on any atom is -0.467 e. The molecule has 0 saturated carbocycles. The lowest BCUT2D eigenvalue weighted by atomic mass is 9.99. The summed E-state index contributed by atoms with van der Waals surface area (Å²) in [5, 5.41) is 5.52. The molecule has 26 heavy (non-hydrogen) atoms. The Labute approximate surface area is 155 Å². The van der Waals surface area contributed by atoms with Crippen molar-refractivity contribution in [3.05, 3.63) is 29.8 Å². The summed E-state index contributed by atoms with van der Waals surface area (Å²) in [7, 11) is 3.06. The minimum atomic E-state index is -0.674. The third-order valence-electron chi connectivity index (χ3n) is 4.24. The van der Waals surface area contributed by atoms with Gasteiger partial charge < -0.3 is 20.3 Å². The topological polar surface area (TPSA) is 88.9 Å². The molecule has 2 amide bonds. The molecule has 1 aromatic rings. The van der Waals surface area contributed by atoms with E-state index in [9.17, 15) is 14.4 Å². The number of esters is 1. The monoisotopic (exact) mass is 364 g/mol. The Bertz CT molecular complexity index is 616. The highest BCUT2D eigenvalue weighted by molar-refractivity contribution is 5.91. The van der Waals surface area contributed by atoms with E-state index < -0.39 is 12.0 Å². The average molecular weight is 364 g/mol. The van der Waals surface area contributed by atoms with Gasteiger partial charge >= 0.3 is 5.97 Å². The number of carbonyl (C=O) groups excluding carboxylic acids is 3. The Morgan fingerprint density at radius 2 is 1.69 bits per heavy atom. The normalized spacial score (nSPS) is 14.0. The summed E-state index contributed by atoms with van der Waals surface area (Å²) in [5.74, 6) is -0.953. The van der Waals surface area contributed by atoms with Crippen molar-refractivity contribution >= 4 is 23.5 Å². The molecule has 0 spiro atoms. The fourth-order valence-corrected chi connectivity index (χ4v) is 2.47. The summed E-state index contributed by atoms with van der Waals surface area (Å²) in [6.45, 7) is 6.04. The molecule has 0 bridgehead atoms. The molecule has 1 unspecified atom stereocenters. The molecule has 3 atom stereocenters. The van der Waals surface area contributed by atoms with Crippen LogP contribution in [0.3, 0.4) is 0 Å². The van der Waals surface area contributed by atoms with Crippen LogP contribution in [0.5, 0.6) is 0 Å². The second-order valence-electron chi connectivity index (χ2n) is 6.68. The fraction of sp³-hybridized carbons (Fsp3) is 0.526. The quantitative estimate of drug-likeness (QED) is 0.544. The van der Waals surface area contributed by atoms with Crippen LogP contribution < -0.4 is 15.5 Å². The zero-order valence-corrected chi connectivity index (χ0v) is 16.2. The first-order valence-corrected chi connectivity index (χ1v) is 8.81. The number of benzene rings is 1. The second-order valence-corrected chi connectivity index (χ2v) is 6.68. The largest absolute Gasteiger partial charge is 0.467 e. The van der Waals surface area contributed by atoms with E-state index in [4.69, 9.17) is 4.74 Å². The first kappa shape index (κ1) is 21.6. The first-order valence-electron chi connectivity index (χ1n) is 8.81. The number of aryl methyl sites for hydroxylation is 1. The molecule has 0 aromatic heterocycles. The van der Waals surface area contributed by atoms with Gasteiger partial charge in [0.2, 0.25) is 0 Å². The van der Waals surface area contributed by atoms with E-state index in [1.54, 1.807) is 7.05 Å². The molecule has 1 rings (SSSR count). The van der Waals surface area contributed by atoms with Crippen LogP contribution in [0.25, 0.3) is 0 Å². The molecule has 0 aliphatic rings. The van der Waals surface area contributed by atoms with Crippen molar-refractivity contribution in [3.8, 4) is 0 Å². The maximum atomic E-state index is 12.2. The van der Waals surface area contributed by atoms with Crippen LogP contribution in [0.15, 0.2) is 24.3 Å². The van der Waals surface area contributed by atoms with Crippen LogP contribution in [-0.2, 0) is 19.1 Å².